The lowest BCUT2D eigenvalue weighted by Gasteiger charge is -2.20. The summed E-state index contributed by atoms with van der Waals surface area (Å²) in [6.07, 6.45) is 7.16. The van der Waals surface area contributed by atoms with Gasteiger partial charge in [0.25, 0.3) is 0 Å². The smallest absolute Gasteiger partial charge is 0.167 e. The second-order valence-electron chi connectivity index (χ2n) is 8.69. The lowest BCUT2D eigenvalue weighted by atomic mass is 9.86. The van der Waals surface area contributed by atoms with E-state index in [0.29, 0.717) is 36.0 Å². The van der Waals surface area contributed by atoms with E-state index in [2.05, 4.69) is 6.92 Å². The van der Waals surface area contributed by atoms with Crippen molar-refractivity contribution in [2.75, 3.05) is 0 Å². The largest absolute Gasteiger partial charge is 0.206 e. The number of hydrogen-bond acceptors (Lipinski definition) is 0. The highest BCUT2D eigenvalue weighted by Crippen LogP contribution is 2.37. The Labute approximate surface area is 193 Å². The summed E-state index contributed by atoms with van der Waals surface area (Å²) >= 11 is 0. The van der Waals surface area contributed by atoms with E-state index < -0.39 is 17.5 Å². The van der Waals surface area contributed by atoms with E-state index in [0.717, 1.165) is 36.8 Å². The maximum atomic E-state index is 15.4. The molecule has 0 saturated carbocycles. The van der Waals surface area contributed by atoms with Crippen molar-refractivity contribution in [3.63, 3.8) is 0 Å². The lowest BCUT2D eigenvalue weighted by Crippen LogP contribution is -2.06. The van der Waals surface area contributed by atoms with Gasteiger partial charge in [-0.2, -0.15) is 0 Å². The van der Waals surface area contributed by atoms with Crippen LogP contribution in [-0.2, 0) is 19.3 Å². The van der Waals surface area contributed by atoms with Crippen LogP contribution >= 0.6 is 0 Å². The fourth-order valence-electron chi connectivity index (χ4n) is 4.59. The van der Waals surface area contributed by atoms with E-state index in [-0.39, 0.29) is 22.5 Å². The van der Waals surface area contributed by atoms with Crippen molar-refractivity contribution in [3.8, 4) is 11.1 Å². The van der Waals surface area contributed by atoms with Crippen LogP contribution in [0.1, 0.15) is 67.3 Å². The maximum Gasteiger partial charge on any atom is 0.167 e. The summed E-state index contributed by atoms with van der Waals surface area (Å²) < 4.78 is 59.1. The molecule has 4 heteroatoms. The number of fused-ring (bicyclic) bond motifs is 1. The van der Waals surface area contributed by atoms with Crippen LogP contribution in [0.3, 0.4) is 0 Å². The summed E-state index contributed by atoms with van der Waals surface area (Å²) in [5.41, 5.74) is 3.67. The fourth-order valence-corrected chi connectivity index (χ4v) is 4.59. The quantitative estimate of drug-likeness (QED) is 0.248. The zero-order valence-corrected chi connectivity index (χ0v) is 19.1. The standard InChI is InChI=1S/C29H28F4/c1-3-5-6-7-18-8-12-22(26(30)16-18)20-10-13-23-21(17-20)11-15-24(28(23)32)25-14-9-19(4-2)27(31)29(25)33/h8-9,11-12,14-17H,3-7,10,13H2,1-2H3. The molecule has 0 nitrogen and oxygen atoms in total. The second kappa shape index (κ2) is 9.94. The highest BCUT2D eigenvalue weighted by Gasteiger charge is 2.23. The molecule has 1 aliphatic carbocycles. The average molecular weight is 453 g/mol. The summed E-state index contributed by atoms with van der Waals surface area (Å²) in [6.45, 7) is 3.88. The third-order valence-electron chi connectivity index (χ3n) is 6.54. The molecule has 172 valence electrons. The average Bonchev–Trinajstić information content (AvgIpc) is 2.81. The Morgan fingerprint density at radius 1 is 0.727 bits per heavy atom. The Morgan fingerprint density at radius 2 is 1.45 bits per heavy atom. The van der Waals surface area contributed by atoms with Crippen LogP contribution < -0.4 is 0 Å². The first-order chi connectivity index (χ1) is 15.9. The number of unbranched alkanes of at least 4 members (excludes halogenated alkanes) is 2. The molecule has 0 heterocycles. The minimum Gasteiger partial charge on any atom is -0.206 e. The van der Waals surface area contributed by atoms with E-state index in [9.17, 15) is 13.2 Å². The van der Waals surface area contributed by atoms with Crippen LogP contribution in [0.15, 0.2) is 42.5 Å². The normalized spacial score (nSPS) is 13.1. The molecule has 0 atom stereocenters. The molecule has 3 aromatic carbocycles. The van der Waals surface area contributed by atoms with Gasteiger partial charge in [-0.3, -0.25) is 0 Å². The first-order valence-electron chi connectivity index (χ1n) is 11.7. The van der Waals surface area contributed by atoms with E-state index in [1.165, 1.54) is 18.2 Å². The molecule has 1 aliphatic rings. The topological polar surface area (TPSA) is 0 Å². The van der Waals surface area contributed by atoms with Gasteiger partial charge in [0.2, 0.25) is 0 Å². The lowest BCUT2D eigenvalue weighted by molar-refractivity contribution is 0.501. The van der Waals surface area contributed by atoms with Crippen LogP contribution in [0.5, 0.6) is 0 Å². The van der Waals surface area contributed by atoms with Crippen molar-refractivity contribution in [1.82, 2.24) is 0 Å². The summed E-state index contributed by atoms with van der Waals surface area (Å²) in [7, 11) is 0. The third kappa shape index (κ3) is 4.62. The molecule has 3 aromatic rings. The monoisotopic (exact) mass is 452 g/mol. The molecule has 0 aromatic heterocycles. The van der Waals surface area contributed by atoms with E-state index in [4.69, 9.17) is 0 Å². The number of halogens is 4. The molecular formula is C29H28F4. The number of rotatable bonds is 7. The second-order valence-corrected chi connectivity index (χ2v) is 8.69. The Hall–Kier alpha value is -2.88. The van der Waals surface area contributed by atoms with Gasteiger partial charge in [-0.15, -0.1) is 0 Å². The fraction of sp³-hybridized carbons (Fsp3) is 0.310. The summed E-state index contributed by atoms with van der Waals surface area (Å²) in [4.78, 5) is 0. The van der Waals surface area contributed by atoms with Crippen LogP contribution in [0.4, 0.5) is 17.6 Å². The molecule has 0 radical (unpaired) electrons. The first kappa shape index (κ1) is 23.3. The summed E-state index contributed by atoms with van der Waals surface area (Å²) in [5.74, 6) is -2.76. The van der Waals surface area contributed by atoms with Crippen molar-refractivity contribution in [2.45, 2.75) is 58.8 Å². The van der Waals surface area contributed by atoms with Crippen molar-refractivity contribution in [3.05, 3.63) is 93.6 Å². The number of benzene rings is 3. The van der Waals surface area contributed by atoms with Crippen LogP contribution in [0, 0.1) is 23.3 Å². The molecule has 0 fully saturated rings. The van der Waals surface area contributed by atoms with Crippen molar-refractivity contribution in [2.24, 2.45) is 0 Å². The van der Waals surface area contributed by atoms with E-state index in [1.807, 2.05) is 12.1 Å². The van der Waals surface area contributed by atoms with Crippen molar-refractivity contribution < 1.29 is 17.6 Å². The van der Waals surface area contributed by atoms with Gasteiger partial charge in [0, 0.05) is 16.7 Å². The zero-order valence-electron chi connectivity index (χ0n) is 19.1. The molecular weight excluding hydrogens is 424 g/mol. The SMILES string of the molecule is CCCCCc1ccc(C2=Cc3ccc(-c4ccc(CC)c(F)c4F)c(F)c3CC2)c(F)c1. The van der Waals surface area contributed by atoms with Gasteiger partial charge < -0.3 is 0 Å². The predicted octanol–water partition coefficient (Wildman–Crippen LogP) is 8.69. The summed E-state index contributed by atoms with van der Waals surface area (Å²) in [5, 5.41) is 0. The molecule has 0 unspecified atom stereocenters. The maximum absolute atomic E-state index is 15.4. The number of hydrogen-bond donors (Lipinski definition) is 0. The van der Waals surface area contributed by atoms with Gasteiger partial charge in [-0.05, 0) is 66.0 Å². The Kier molecular flexibility index (Phi) is 7.02. The zero-order chi connectivity index (χ0) is 23.5. The first-order valence-corrected chi connectivity index (χ1v) is 11.7. The molecule has 0 saturated heterocycles. The third-order valence-corrected chi connectivity index (χ3v) is 6.54. The molecule has 0 N–H and O–H groups in total. The molecule has 4 rings (SSSR count). The Balaban J connectivity index is 1.65. The van der Waals surface area contributed by atoms with E-state index >= 15 is 4.39 Å². The van der Waals surface area contributed by atoms with Gasteiger partial charge in [0.05, 0.1) is 0 Å². The molecule has 0 bridgehead atoms. The number of aryl methyl sites for hydroxylation is 2. The van der Waals surface area contributed by atoms with Gasteiger partial charge in [0.15, 0.2) is 11.6 Å². The number of allylic oxidation sites excluding steroid dienone is 1. The van der Waals surface area contributed by atoms with Crippen LogP contribution in [0.2, 0.25) is 0 Å². The molecule has 0 spiro atoms. The van der Waals surface area contributed by atoms with Gasteiger partial charge in [-0.1, -0.05) is 69.2 Å². The van der Waals surface area contributed by atoms with E-state index in [1.54, 1.807) is 25.1 Å². The van der Waals surface area contributed by atoms with Gasteiger partial charge in [-0.25, -0.2) is 17.6 Å². The summed E-state index contributed by atoms with van der Waals surface area (Å²) in [6, 6.07) is 11.5. The Bertz CT molecular complexity index is 1210. The predicted molar refractivity (Wildman–Crippen MR) is 127 cm³/mol. The molecule has 33 heavy (non-hydrogen) atoms. The molecule has 0 amide bonds. The molecule has 0 aliphatic heterocycles. The van der Waals surface area contributed by atoms with Crippen LogP contribution in [0.25, 0.3) is 22.8 Å². The van der Waals surface area contributed by atoms with Crippen molar-refractivity contribution >= 4 is 11.6 Å². The Morgan fingerprint density at radius 3 is 2.18 bits per heavy atom. The highest BCUT2D eigenvalue weighted by molar-refractivity contribution is 5.85. The van der Waals surface area contributed by atoms with Crippen LogP contribution in [-0.4, -0.2) is 0 Å². The minimum atomic E-state index is -1.03. The van der Waals surface area contributed by atoms with Gasteiger partial charge >= 0.3 is 0 Å². The minimum absolute atomic E-state index is 0.0484. The highest BCUT2D eigenvalue weighted by atomic mass is 19.2. The van der Waals surface area contributed by atoms with Gasteiger partial charge in [0.1, 0.15) is 11.6 Å². The van der Waals surface area contributed by atoms with Crippen molar-refractivity contribution in [1.29, 1.82) is 0 Å².